The number of hydrogen-bond acceptors (Lipinski definition) is 4. The minimum atomic E-state index is -3.34. The van der Waals surface area contributed by atoms with Gasteiger partial charge in [-0.25, -0.2) is 13.5 Å². The normalized spacial score (nSPS) is 11.6. The summed E-state index contributed by atoms with van der Waals surface area (Å²) in [6.07, 6.45) is 0. The molecule has 0 saturated heterocycles. The maximum absolute atomic E-state index is 11.6. The van der Waals surface area contributed by atoms with Crippen LogP contribution < -0.4 is 0 Å². The zero-order valence-electron chi connectivity index (χ0n) is 9.01. The summed E-state index contributed by atoms with van der Waals surface area (Å²) in [6.45, 7) is 1.57. The van der Waals surface area contributed by atoms with Gasteiger partial charge < -0.3 is 0 Å². The lowest BCUT2D eigenvalue weighted by Crippen LogP contribution is -2.05. The number of H-pyrrole nitrogens is 1. The van der Waals surface area contributed by atoms with Crippen LogP contribution in [0.4, 0.5) is 0 Å². The zero-order chi connectivity index (χ0) is 12.5. The first kappa shape index (κ1) is 12.3. The van der Waals surface area contributed by atoms with E-state index >= 15 is 0 Å². The molecule has 0 aliphatic heterocycles. The van der Waals surface area contributed by atoms with Crippen LogP contribution in [0.1, 0.15) is 6.92 Å². The minimum absolute atomic E-state index is 0.000117. The highest BCUT2D eigenvalue weighted by atomic mass is 79.9. The number of aromatic nitrogens is 3. The summed E-state index contributed by atoms with van der Waals surface area (Å²) in [5.74, 6) is 0.374. The minimum Gasteiger partial charge on any atom is -0.249 e. The molecule has 0 atom stereocenters. The van der Waals surface area contributed by atoms with E-state index in [1.54, 1.807) is 6.92 Å². The van der Waals surface area contributed by atoms with E-state index < -0.39 is 9.84 Å². The summed E-state index contributed by atoms with van der Waals surface area (Å²) in [7, 11) is -3.34. The summed E-state index contributed by atoms with van der Waals surface area (Å²) in [6, 6.07) is 7.35. The summed E-state index contributed by atoms with van der Waals surface area (Å²) >= 11 is 3.34. The molecule has 1 aromatic carbocycles. The molecule has 0 saturated carbocycles. The first-order chi connectivity index (χ1) is 8.03. The van der Waals surface area contributed by atoms with Gasteiger partial charge in [-0.1, -0.05) is 35.0 Å². The molecule has 0 aliphatic carbocycles. The number of nitrogens with one attached hydrogen (secondary N) is 1. The van der Waals surface area contributed by atoms with Crippen molar-refractivity contribution in [2.75, 3.05) is 5.75 Å². The summed E-state index contributed by atoms with van der Waals surface area (Å²) in [5.41, 5.74) is 0.758. The molecule has 0 aliphatic rings. The maximum Gasteiger partial charge on any atom is 0.243 e. The molecule has 5 nitrogen and oxygen atoms in total. The van der Waals surface area contributed by atoms with Crippen molar-refractivity contribution in [3.8, 4) is 11.4 Å². The second kappa shape index (κ2) is 4.58. The Kier molecular flexibility index (Phi) is 3.30. The number of aromatic amines is 1. The van der Waals surface area contributed by atoms with Crippen LogP contribution >= 0.6 is 15.9 Å². The molecular weight excluding hydrogens is 306 g/mol. The molecule has 2 rings (SSSR count). The topological polar surface area (TPSA) is 75.7 Å². The van der Waals surface area contributed by atoms with Crippen LogP contribution in [0.3, 0.4) is 0 Å². The summed E-state index contributed by atoms with van der Waals surface area (Å²) < 4.78 is 24.0. The van der Waals surface area contributed by atoms with Crippen LogP contribution in [0.5, 0.6) is 0 Å². The quantitative estimate of drug-likeness (QED) is 0.940. The van der Waals surface area contributed by atoms with Gasteiger partial charge in [0.1, 0.15) is 0 Å². The average molecular weight is 316 g/mol. The van der Waals surface area contributed by atoms with Crippen LogP contribution in [0.15, 0.2) is 33.9 Å². The number of rotatable bonds is 3. The first-order valence-electron chi connectivity index (χ1n) is 4.94. The monoisotopic (exact) mass is 315 g/mol. The molecule has 0 spiro atoms. The predicted molar refractivity (Wildman–Crippen MR) is 67.2 cm³/mol. The van der Waals surface area contributed by atoms with Gasteiger partial charge in [0, 0.05) is 10.0 Å². The highest BCUT2D eigenvalue weighted by Crippen LogP contribution is 2.20. The molecule has 17 heavy (non-hydrogen) atoms. The lowest BCUT2D eigenvalue weighted by molar-refractivity contribution is 0.589. The molecular formula is C10H10BrN3O2S. The molecule has 0 fully saturated rings. The maximum atomic E-state index is 11.6. The third-order valence-electron chi connectivity index (χ3n) is 2.22. The highest BCUT2D eigenvalue weighted by molar-refractivity contribution is 9.10. The van der Waals surface area contributed by atoms with Gasteiger partial charge in [0.25, 0.3) is 0 Å². The SMILES string of the molecule is CCS(=O)(=O)c1nc(-c2cccc(Br)c2)n[nH]1. The van der Waals surface area contributed by atoms with Crippen LogP contribution in [-0.2, 0) is 9.84 Å². The highest BCUT2D eigenvalue weighted by Gasteiger charge is 2.17. The van der Waals surface area contributed by atoms with Crippen molar-refractivity contribution in [3.63, 3.8) is 0 Å². The average Bonchev–Trinajstić information content (AvgIpc) is 2.79. The van der Waals surface area contributed by atoms with Crippen molar-refractivity contribution in [2.24, 2.45) is 0 Å². The van der Waals surface area contributed by atoms with Gasteiger partial charge in [0.2, 0.25) is 15.0 Å². The molecule has 0 radical (unpaired) electrons. The smallest absolute Gasteiger partial charge is 0.243 e. The van der Waals surface area contributed by atoms with Gasteiger partial charge in [0.15, 0.2) is 5.82 Å². The Morgan fingerprint density at radius 2 is 2.18 bits per heavy atom. The Labute approximate surface area is 107 Å². The molecule has 1 N–H and O–H groups in total. The van der Waals surface area contributed by atoms with Crippen molar-refractivity contribution in [1.29, 1.82) is 0 Å². The van der Waals surface area contributed by atoms with Gasteiger partial charge in [-0.2, -0.15) is 10.1 Å². The number of benzene rings is 1. The summed E-state index contributed by atoms with van der Waals surface area (Å²) in [5, 5.41) is 6.27. The van der Waals surface area contributed by atoms with E-state index in [1.165, 1.54) is 0 Å². The standard InChI is InChI=1S/C10H10BrN3O2S/c1-2-17(15,16)10-12-9(13-14-10)7-4-3-5-8(11)6-7/h3-6H,2H2,1H3,(H,12,13,14). The van der Waals surface area contributed by atoms with Crippen molar-refractivity contribution >= 4 is 25.8 Å². The van der Waals surface area contributed by atoms with Crippen molar-refractivity contribution in [1.82, 2.24) is 15.2 Å². The predicted octanol–water partition coefficient (Wildman–Crippen LogP) is 2.03. The van der Waals surface area contributed by atoms with E-state index in [0.717, 1.165) is 10.0 Å². The number of sulfone groups is 1. The van der Waals surface area contributed by atoms with Crippen molar-refractivity contribution in [2.45, 2.75) is 12.1 Å². The van der Waals surface area contributed by atoms with Gasteiger partial charge in [-0.05, 0) is 12.1 Å². The van der Waals surface area contributed by atoms with Crippen LogP contribution in [0.25, 0.3) is 11.4 Å². The van der Waals surface area contributed by atoms with Crippen LogP contribution in [0, 0.1) is 0 Å². The van der Waals surface area contributed by atoms with Gasteiger partial charge >= 0.3 is 0 Å². The van der Waals surface area contributed by atoms with E-state index in [-0.39, 0.29) is 10.9 Å². The lowest BCUT2D eigenvalue weighted by Gasteiger charge is -1.95. The van der Waals surface area contributed by atoms with Gasteiger partial charge in [-0.15, -0.1) is 0 Å². The van der Waals surface area contributed by atoms with E-state index in [1.807, 2.05) is 24.3 Å². The fourth-order valence-corrected chi connectivity index (χ4v) is 2.36. The lowest BCUT2D eigenvalue weighted by atomic mass is 10.2. The van der Waals surface area contributed by atoms with Crippen molar-refractivity contribution < 1.29 is 8.42 Å². The number of halogens is 1. The molecule has 7 heteroatoms. The molecule has 1 heterocycles. The number of nitrogens with zero attached hydrogens (tertiary/aromatic N) is 2. The fraction of sp³-hybridized carbons (Fsp3) is 0.200. The van der Waals surface area contributed by atoms with E-state index in [2.05, 4.69) is 31.1 Å². The van der Waals surface area contributed by atoms with E-state index in [9.17, 15) is 8.42 Å². The van der Waals surface area contributed by atoms with E-state index in [4.69, 9.17) is 0 Å². The Morgan fingerprint density at radius 1 is 1.41 bits per heavy atom. The second-order valence-corrected chi connectivity index (χ2v) is 6.49. The van der Waals surface area contributed by atoms with Crippen molar-refractivity contribution in [3.05, 3.63) is 28.7 Å². The van der Waals surface area contributed by atoms with Crippen LogP contribution in [-0.4, -0.2) is 29.4 Å². The molecule has 90 valence electrons. The summed E-state index contributed by atoms with van der Waals surface area (Å²) in [4.78, 5) is 3.99. The van der Waals surface area contributed by atoms with E-state index in [0.29, 0.717) is 5.82 Å². The molecule has 2 aromatic rings. The Hall–Kier alpha value is -1.21. The molecule has 0 amide bonds. The third-order valence-corrected chi connectivity index (χ3v) is 4.25. The zero-order valence-corrected chi connectivity index (χ0v) is 11.4. The molecule has 0 unspecified atom stereocenters. The van der Waals surface area contributed by atoms with Crippen LogP contribution in [0.2, 0.25) is 0 Å². The largest absolute Gasteiger partial charge is 0.249 e. The first-order valence-corrected chi connectivity index (χ1v) is 7.38. The molecule has 1 aromatic heterocycles. The molecule has 0 bridgehead atoms. The number of hydrogen-bond donors (Lipinski definition) is 1. The Bertz CT molecular complexity index is 637. The fourth-order valence-electron chi connectivity index (χ4n) is 1.28. The Balaban J connectivity index is 2.43. The Morgan fingerprint density at radius 3 is 2.82 bits per heavy atom. The second-order valence-electron chi connectivity index (χ2n) is 3.38. The van der Waals surface area contributed by atoms with Gasteiger partial charge in [0.05, 0.1) is 5.75 Å². The van der Waals surface area contributed by atoms with Gasteiger partial charge in [-0.3, -0.25) is 0 Å². The third kappa shape index (κ3) is 2.55.